The Bertz CT molecular complexity index is 3060. The van der Waals surface area contributed by atoms with Crippen LogP contribution in [0.3, 0.4) is 0 Å². The van der Waals surface area contributed by atoms with Crippen molar-refractivity contribution in [3.63, 3.8) is 0 Å². The van der Waals surface area contributed by atoms with Crippen molar-refractivity contribution in [2.24, 2.45) is 0 Å². The van der Waals surface area contributed by atoms with Gasteiger partial charge in [-0.1, -0.05) is 158 Å². The largest absolute Gasteiger partial charge is 0.264 e. The minimum Gasteiger partial charge on any atom is -0.264 e. The summed E-state index contributed by atoms with van der Waals surface area (Å²) < 4.78 is 0. The molecule has 0 unspecified atom stereocenters. The van der Waals surface area contributed by atoms with Crippen LogP contribution in [0.4, 0.5) is 0 Å². The van der Waals surface area contributed by atoms with Gasteiger partial charge in [0.15, 0.2) is 0 Å². The zero-order valence-corrected chi connectivity index (χ0v) is 74.7. The van der Waals surface area contributed by atoms with Crippen molar-refractivity contribution in [3.05, 3.63) is 277 Å². The van der Waals surface area contributed by atoms with Crippen LogP contribution in [-0.4, -0.2) is 95.4 Å². The highest BCUT2D eigenvalue weighted by atomic mass is 15.2. The minimum absolute atomic E-state index is 0.734. The van der Waals surface area contributed by atoms with Gasteiger partial charge in [0.25, 0.3) is 0 Å². The van der Waals surface area contributed by atoms with Gasteiger partial charge in [-0.05, 0) is 244 Å². The first-order valence-corrected chi connectivity index (χ1v) is 37.7. The van der Waals surface area contributed by atoms with Gasteiger partial charge in [-0.15, -0.1) is 15.3 Å². The van der Waals surface area contributed by atoms with E-state index in [1.165, 1.54) is 33.4 Å². The molecular formula is C88H145N19. The summed E-state index contributed by atoms with van der Waals surface area (Å²) in [7, 11) is 0. The standard InChI is InChI=1S/C8H10.4C7H9N.3C6H9N3.3C6H8N2.8C2H6/c1-7-4-3-5-8(2)6-7;1-6-3-7(2)5-8-4-6;2*1-6-3-4-8-7(2)5-6;1-6-4-3-5-7(2)8-6;3*1-4-5(2)8-9-6(3)7-4;1-5-3-7-4-6(2)8-5;2*1-5-3-4-7-6(2)8-5;8*1-2/h3-6H,1-2H3;4*3-5H,1-2H3;3*1-3H3;3*3-4H,1-2H3;8*1-2H3. The molecule has 11 aromatic rings. The third-order valence-corrected chi connectivity index (χ3v) is 11.6. The number of nitrogens with zero attached hydrogens (tertiary/aromatic N) is 19. The van der Waals surface area contributed by atoms with Gasteiger partial charge in [0, 0.05) is 83.7 Å². The number of aryl methyl sites for hydroxylation is 25. The van der Waals surface area contributed by atoms with E-state index in [4.69, 9.17) is 0 Å². The Morgan fingerprint density at radius 2 is 0.430 bits per heavy atom. The van der Waals surface area contributed by atoms with E-state index in [2.05, 4.69) is 166 Å². The summed E-state index contributed by atoms with van der Waals surface area (Å²) in [5, 5.41) is 22.9. The molecular weight excluding hydrogens is 1320 g/mol. The second-order valence-corrected chi connectivity index (χ2v) is 21.4. The van der Waals surface area contributed by atoms with E-state index in [-0.39, 0.29) is 0 Å². The summed E-state index contributed by atoms with van der Waals surface area (Å²) in [6, 6.07) is 28.4. The first-order valence-electron chi connectivity index (χ1n) is 37.7. The Hall–Kier alpha value is -9.91. The average molecular weight is 1470 g/mol. The SMILES string of the molecule is CC.CC.CC.CC.CC.CC.CC.CC.Cc1cccc(C)c1.Cc1cccc(C)n1.Cc1ccnc(C)c1.Cc1ccnc(C)c1.Cc1ccnc(C)n1.Cc1ccnc(C)n1.Cc1cncc(C)c1.Cc1cncc(C)n1.Cc1nnc(C)c(C)n1.Cc1nnc(C)c(C)n1.Cc1nnc(C)c(C)n1. The molecule has 107 heavy (non-hydrogen) atoms. The molecule has 0 atom stereocenters. The third kappa shape index (κ3) is 71.5. The fraction of sp³-hybridized carbons (Fsp3) is 0.466. The zero-order valence-electron chi connectivity index (χ0n) is 74.7. The minimum atomic E-state index is 0.734. The summed E-state index contributed by atoms with van der Waals surface area (Å²) in [5.74, 6) is 3.88. The Balaban J connectivity index is -0.000000165. The van der Waals surface area contributed by atoms with E-state index >= 15 is 0 Å². The van der Waals surface area contributed by atoms with Crippen LogP contribution in [0.25, 0.3) is 0 Å². The van der Waals surface area contributed by atoms with Crippen LogP contribution < -0.4 is 0 Å². The molecule has 0 aliphatic rings. The predicted octanol–water partition coefficient (Wildman–Crippen LogP) is 23.0. The van der Waals surface area contributed by atoms with Crippen LogP contribution in [0.15, 0.2) is 135 Å². The Morgan fingerprint density at radius 3 is 0.598 bits per heavy atom. The van der Waals surface area contributed by atoms with E-state index in [1.54, 1.807) is 24.8 Å². The molecule has 0 spiro atoms. The van der Waals surface area contributed by atoms with Gasteiger partial charge in [0.2, 0.25) is 0 Å². The zero-order chi connectivity index (χ0) is 84.4. The second kappa shape index (κ2) is 77.2. The molecule has 19 heteroatoms. The Kier molecular flexibility index (Phi) is 81.5. The molecule has 1 aromatic carbocycles. The first kappa shape index (κ1) is 113. The highest BCUT2D eigenvalue weighted by Crippen LogP contribution is 2.03. The topological polar surface area (TPSA) is 245 Å². The lowest BCUT2D eigenvalue weighted by Crippen LogP contribution is -1.97. The van der Waals surface area contributed by atoms with Gasteiger partial charge >= 0.3 is 0 Å². The van der Waals surface area contributed by atoms with E-state index in [1.807, 2.05) is 323 Å². The molecule has 0 aliphatic carbocycles. The molecule has 10 aromatic heterocycles. The summed E-state index contributed by atoms with van der Waals surface area (Å²) in [5.41, 5.74) is 21.6. The van der Waals surface area contributed by atoms with Gasteiger partial charge in [-0.3, -0.25) is 29.9 Å². The molecule has 19 nitrogen and oxygen atoms in total. The lowest BCUT2D eigenvalue weighted by Gasteiger charge is -1.94. The first-order chi connectivity index (χ1) is 50.9. The number of hydrogen-bond acceptors (Lipinski definition) is 19. The molecule has 0 amide bonds. The third-order valence-electron chi connectivity index (χ3n) is 11.6. The van der Waals surface area contributed by atoms with Crippen molar-refractivity contribution in [2.45, 2.75) is 284 Å². The van der Waals surface area contributed by atoms with Gasteiger partial charge in [-0.2, -0.15) is 15.3 Å². The fourth-order valence-corrected chi connectivity index (χ4v) is 7.00. The van der Waals surface area contributed by atoms with Gasteiger partial charge in [0.05, 0.1) is 45.6 Å². The van der Waals surface area contributed by atoms with Crippen LogP contribution in [-0.2, 0) is 0 Å². The van der Waals surface area contributed by atoms with Crippen LogP contribution in [0.5, 0.6) is 0 Å². The van der Waals surface area contributed by atoms with Crippen molar-refractivity contribution in [1.82, 2.24) is 95.4 Å². The molecule has 0 fully saturated rings. The van der Waals surface area contributed by atoms with Crippen molar-refractivity contribution in [3.8, 4) is 0 Å². The molecule has 0 aliphatic heterocycles. The number of aromatic nitrogens is 19. The van der Waals surface area contributed by atoms with Crippen molar-refractivity contribution < 1.29 is 0 Å². The monoisotopic (exact) mass is 1470 g/mol. The number of hydrogen-bond donors (Lipinski definition) is 0. The predicted molar refractivity (Wildman–Crippen MR) is 458 cm³/mol. The maximum absolute atomic E-state index is 4.17. The van der Waals surface area contributed by atoms with Crippen molar-refractivity contribution in [2.75, 3.05) is 0 Å². The van der Waals surface area contributed by atoms with Crippen molar-refractivity contribution >= 4 is 0 Å². The fourth-order valence-electron chi connectivity index (χ4n) is 7.00. The van der Waals surface area contributed by atoms with E-state index < -0.39 is 0 Å². The molecule has 0 radical (unpaired) electrons. The van der Waals surface area contributed by atoms with E-state index in [0.29, 0.717) is 0 Å². The number of benzene rings is 1. The van der Waals surface area contributed by atoms with Crippen LogP contribution in [0.1, 0.15) is 253 Å². The van der Waals surface area contributed by atoms with E-state index in [0.717, 1.165) is 109 Å². The number of pyridine rings is 4. The van der Waals surface area contributed by atoms with Crippen molar-refractivity contribution in [1.29, 1.82) is 0 Å². The average Bonchev–Trinajstić information content (AvgIpc) is 0.910. The lowest BCUT2D eigenvalue weighted by atomic mass is 10.2. The normalized spacial score (nSPS) is 8.42. The Morgan fingerprint density at radius 1 is 0.178 bits per heavy atom. The molecule has 10 heterocycles. The summed E-state index contributed by atoms with van der Waals surface area (Å²) in [4.78, 5) is 52.6. The molecule has 0 N–H and O–H groups in total. The maximum atomic E-state index is 4.17. The molecule has 0 bridgehead atoms. The van der Waals surface area contributed by atoms with Gasteiger partial charge in [0.1, 0.15) is 29.1 Å². The lowest BCUT2D eigenvalue weighted by molar-refractivity contribution is 0.848. The van der Waals surface area contributed by atoms with Crippen LogP contribution >= 0.6 is 0 Å². The Labute approximate surface area is 652 Å². The number of rotatable bonds is 0. The quantitative estimate of drug-likeness (QED) is 0.137. The summed E-state index contributed by atoms with van der Waals surface area (Å²) >= 11 is 0. The van der Waals surface area contributed by atoms with E-state index in [9.17, 15) is 0 Å². The molecule has 0 saturated heterocycles. The highest BCUT2D eigenvalue weighted by molar-refractivity contribution is 5.21. The summed E-state index contributed by atoms with van der Waals surface area (Å²) in [6.07, 6.45) is 14.4. The van der Waals surface area contributed by atoms with Crippen LogP contribution in [0, 0.1) is 173 Å². The maximum Gasteiger partial charge on any atom is 0.148 e. The smallest absolute Gasteiger partial charge is 0.148 e. The molecule has 0 saturated carbocycles. The van der Waals surface area contributed by atoms with Crippen LogP contribution in [0.2, 0.25) is 0 Å². The molecule has 592 valence electrons. The van der Waals surface area contributed by atoms with Gasteiger partial charge < -0.3 is 0 Å². The second-order valence-electron chi connectivity index (χ2n) is 21.4. The summed E-state index contributed by atoms with van der Waals surface area (Å²) in [6.45, 7) is 80.9. The highest BCUT2D eigenvalue weighted by Gasteiger charge is 1.97. The molecule has 11 rings (SSSR count). The van der Waals surface area contributed by atoms with Gasteiger partial charge in [-0.25, -0.2) is 34.9 Å².